The molecule has 1 heterocycles. The van der Waals surface area contributed by atoms with E-state index in [2.05, 4.69) is 22.3 Å². The van der Waals surface area contributed by atoms with Crippen LogP contribution in [0, 0.1) is 0 Å². The summed E-state index contributed by atoms with van der Waals surface area (Å²) in [6.45, 7) is 2.56. The molecule has 2 atom stereocenters. The van der Waals surface area contributed by atoms with Gasteiger partial charge in [-0.15, -0.1) is 0 Å². The van der Waals surface area contributed by atoms with Crippen molar-refractivity contribution in [3.8, 4) is 0 Å². The average Bonchev–Trinajstić information content (AvgIpc) is 2.56. The molecule has 2 rings (SSSR count). The molecule has 0 aromatic heterocycles. The Balaban J connectivity index is 1.83. The first-order chi connectivity index (χ1) is 11.2. The second kappa shape index (κ2) is 9.65. The van der Waals surface area contributed by atoms with Gasteiger partial charge in [-0.05, 0) is 31.4 Å². The maximum Gasteiger partial charge on any atom is 0.237 e. The van der Waals surface area contributed by atoms with E-state index in [9.17, 15) is 9.90 Å². The van der Waals surface area contributed by atoms with Gasteiger partial charge in [0.2, 0.25) is 5.91 Å². The Kier molecular flexibility index (Phi) is 7.52. The molecule has 1 aliphatic heterocycles. The number of hydrogen-bond donors (Lipinski definition) is 2. The third-order valence-corrected chi connectivity index (χ3v) is 4.28. The summed E-state index contributed by atoms with van der Waals surface area (Å²) in [7, 11) is 1.56. The van der Waals surface area contributed by atoms with E-state index in [0.717, 1.165) is 32.4 Å². The van der Waals surface area contributed by atoms with E-state index in [1.54, 1.807) is 7.11 Å². The van der Waals surface area contributed by atoms with Crippen molar-refractivity contribution in [2.75, 3.05) is 26.8 Å². The minimum absolute atomic E-state index is 0.0662. The van der Waals surface area contributed by atoms with E-state index < -0.39 is 6.10 Å². The molecule has 23 heavy (non-hydrogen) atoms. The fraction of sp³-hybridized carbons (Fsp3) is 0.611. The average molecular weight is 320 g/mol. The molecule has 1 aromatic rings. The number of piperidine rings is 1. The Hall–Kier alpha value is -1.43. The van der Waals surface area contributed by atoms with Crippen LogP contribution in [0.2, 0.25) is 0 Å². The topological polar surface area (TPSA) is 61.8 Å². The number of nitrogens with zero attached hydrogens (tertiary/aromatic N) is 1. The SMILES string of the molecule is COCC(O)CCNC(=O)C1CCCCN1Cc1ccccc1. The molecule has 1 aromatic carbocycles. The lowest BCUT2D eigenvalue weighted by Crippen LogP contribution is -2.49. The molecule has 0 spiro atoms. The number of aliphatic hydroxyl groups excluding tert-OH is 1. The number of amides is 1. The summed E-state index contributed by atoms with van der Waals surface area (Å²) >= 11 is 0. The first-order valence-electron chi connectivity index (χ1n) is 8.43. The molecule has 1 fully saturated rings. The van der Waals surface area contributed by atoms with Crippen molar-refractivity contribution in [2.45, 2.75) is 44.4 Å². The molecular formula is C18H28N2O3. The maximum atomic E-state index is 12.5. The number of nitrogens with one attached hydrogen (secondary N) is 1. The molecule has 1 aliphatic rings. The van der Waals surface area contributed by atoms with Crippen LogP contribution in [-0.4, -0.2) is 54.9 Å². The predicted molar refractivity (Wildman–Crippen MR) is 90.0 cm³/mol. The van der Waals surface area contributed by atoms with Gasteiger partial charge in [0.15, 0.2) is 0 Å². The zero-order chi connectivity index (χ0) is 16.5. The zero-order valence-electron chi connectivity index (χ0n) is 13.9. The van der Waals surface area contributed by atoms with Gasteiger partial charge in [-0.1, -0.05) is 36.8 Å². The second-order valence-corrected chi connectivity index (χ2v) is 6.16. The van der Waals surface area contributed by atoms with Gasteiger partial charge in [0.05, 0.1) is 18.8 Å². The van der Waals surface area contributed by atoms with Crippen molar-refractivity contribution in [1.82, 2.24) is 10.2 Å². The molecule has 1 amide bonds. The van der Waals surface area contributed by atoms with Gasteiger partial charge in [0, 0.05) is 20.2 Å². The predicted octanol–water partition coefficient (Wildman–Crippen LogP) is 1.55. The molecule has 5 nitrogen and oxygen atoms in total. The standard InChI is InChI=1S/C18H28N2O3/c1-23-14-16(21)10-11-19-18(22)17-9-5-6-12-20(17)13-15-7-3-2-4-8-15/h2-4,7-8,16-17,21H,5-6,9-14H2,1H3,(H,19,22). The highest BCUT2D eigenvalue weighted by Gasteiger charge is 2.28. The van der Waals surface area contributed by atoms with Crippen molar-refractivity contribution in [2.24, 2.45) is 0 Å². The molecule has 0 aliphatic carbocycles. The normalized spacial score (nSPS) is 20.2. The quantitative estimate of drug-likeness (QED) is 0.763. The first kappa shape index (κ1) is 17.9. The van der Waals surface area contributed by atoms with Crippen LogP contribution in [0.4, 0.5) is 0 Å². The van der Waals surface area contributed by atoms with Crippen molar-refractivity contribution in [3.05, 3.63) is 35.9 Å². The minimum Gasteiger partial charge on any atom is -0.391 e. The van der Waals surface area contributed by atoms with Gasteiger partial charge in [-0.25, -0.2) is 0 Å². The minimum atomic E-state index is -0.521. The summed E-state index contributed by atoms with van der Waals surface area (Å²) < 4.78 is 4.89. The van der Waals surface area contributed by atoms with Crippen LogP contribution in [0.5, 0.6) is 0 Å². The number of ether oxygens (including phenoxy) is 1. The highest BCUT2D eigenvalue weighted by molar-refractivity contribution is 5.81. The molecule has 128 valence electrons. The fourth-order valence-corrected chi connectivity index (χ4v) is 3.05. The highest BCUT2D eigenvalue weighted by atomic mass is 16.5. The summed E-state index contributed by atoms with van der Waals surface area (Å²) in [6.07, 6.45) is 3.13. The van der Waals surface area contributed by atoms with E-state index in [1.165, 1.54) is 5.56 Å². The van der Waals surface area contributed by atoms with Gasteiger partial charge in [0.25, 0.3) is 0 Å². The molecule has 0 radical (unpaired) electrons. The van der Waals surface area contributed by atoms with E-state index >= 15 is 0 Å². The number of benzene rings is 1. The van der Waals surface area contributed by atoms with Crippen molar-refractivity contribution in [3.63, 3.8) is 0 Å². The molecule has 1 saturated heterocycles. The molecule has 5 heteroatoms. The van der Waals surface area contributed by atoms with Crippen molar-refractivity contribution in [1.29, 1.82) is 0 Å². The number of rotatable bonds is 8. The van der Waals surface area contributed by atoms with Crippen LogP contribution in [0.25, 0.3) is 0 Å². The Morgan fingerprint density at radius 1 is 1.39 bits per heavy atom. The van der Waals surface area contributed by atoms with Crippen LogP contribution in [0.1, 0.15) is 31.2 Å². The summed E-state index contributed by atoms with van der Waals surface area (Å²) in [6, 6.07) is 10.2. The largest absolute Gasteiger partial charge is 0.391 e. The lowest BCUT2D eigenvalue weighted by atomic mass is 10.0. The maximum absolute atomic E-state index is 12.5. The smallest absolute Gasteiger partial charge is 0.237 e. The van der Waals surface area contributed by atoms with Crippen molar-refractivity contribution >= 4 is 5.91 Å². The van der Waals surface area contributed by atoms with Gasteiger partial charge >= 0.3 is 0 Å². The summed E-state index contributed by atoms with van der Waals surface area (Å²) in [5.41, 5.74) is 1.24. The Labute approximate surface area is 138 Å². The van der Waals surface area contributed by atoms with E-state index in [-0.39, 0.29) is 11.9 Å². The van der Waals surface area contributed by atoms with Crippen LogP contribution in [-0.2, 0) is 16.1 Å². The van der Waals surface area contributed by atoms with E-state index in [1.807, 2.05) is 18.2 Å². The molecule has 2 unspecified atom stereocenters. The summed E-state index contributed by atoms with van der Waals surface area (Å²) in [4.78, 5) is 14.7. The van der Waals surface area contributed by atoms with Crippen LogP contribution in [0.15, 0.2) is 30.3 Å². The summed E-state index contributed by atoms with van der Waals surface area (Å²) in [5.74, 6) is 0.0743. The number of carbonyl (C=O) groups is 1. The van der Waals surface area contributed by atoms with Gasteiger partial charge in [-0.3, -0.25) is 9.69 Å². The Morgan fingerprint density at radius 2 is 2.17 bits per heavy atom. The summed E-state index contributed by atoms with van der Waals surface area (Å²) in [5, 5.41) is 12.6. The van der Waals surface area contributed by atoms with Gasteiger partial charge < -0.3 is 15.2 Å². The lowest BCUT2D eigenvalue weighted by molar-refractivity contribution is -0.128. The van der Waals surface area contributed by atoms with E-state index in [0.29, 0.717) is 19.6 Å². The lowest BCUT2D eigenvalue weighted by Gasteiger charge is -2.34. The fourth-order valence-electron chi connectivity index (χ4n) is 3.05. The number of aliphatic hydroxyl groups is 1. The Morgan fingerprint density at radius 3 is 2.91 bits per heavy atom. The van der Waals surface area contributed by atoms with Crippen LogP contribution >= 0.6 is 0 Å². The second-order valence-electron chi connectivity index (χ2n) is 6.16. The van der Waals surface area contributed by atoms with E-state index in [4.69, 9.17) is 4.74 Å². The highest BCUT2D eigenvalue weighted by Crippen LogP contribution is 2.19. The Bertz CT molecular complexity index is 467. The number of hydrogen-bond acceptors (Lipinski definition) is 4. The van der Waals surface area contributed by atoms with Gasteiger partial charge in [-0.2, -0.15) is 0 Å². The van der Waals surface area contributed by atoms with Crippen LogP contribution < -0.4 is 5.32 Å². The van der Waals surface area contributed by atoms with Crippen molar-refractivity contribution < 1.29 is 14.6 Å². The number of likely N-dealkylation sites (tertiary alicyclic amines) is 1. The number of methoxy groups -OCH3 is 1. The monoisotopic (exact) mass is 320 g/mol. The zero-order valence-corrected chi connectivity index (χ0v) is 13.9. The van der Waals surface area contributed by atoms with Crippen LogP contribution in [0.3, 0.4) is 0 Å². The molecule has 0 saturated carbocycles. The third kappa shape index (κ3) is 5.94. The molecular weight excluding hydrogens is 292 g/mol. The third-order valence-electron chi connectivity index (χ3n) is 4.28. The first-order valence-corrected chi connectivity index (χ1v) is 8.43. The molecule has 0 bridgehead atoms. The molecule has 2 N–H and O–H groups in total. The number of carbonyl (C=O) groups excluding carboxylic acids is 1. The van der Waals surface area contributed by atoms with Gasteiger partial charge in [0.1, 0.15) is 0 Å².